The lowest BCUT2D eigenvalue weighted by Gasteiger charge is -2.16. The average molecular weight is 174 g/mol. The molecule has 0 aliphatic rings. The minimum Gasteiger partial charge on any atom is -0.480 e. The van der Waals surface area contributed by atoms with E-state index in [2.05, 4.69) is 5.32 Å². The normalized spacial score (nSPS) is 13.3. The second kappa shape index (κ2) is 5.97. The number of aliphatic carboxylic acids is 1. The highest BCUT2D eigenvalue weighted by atomic mass is 16.4. The monoisotopic (exact) mass is 174 g/mol. The van der Waals surface area contributed by atoms with Gasteiger partial charge in [-0.05, 0) is 19.4 Å². The number of nitrogens with two attached hydrogens (primary N) is 1. The lowest BCUT2D eigenvalue weighted by Crippen LogP contribution is -2.41. The molecule has 4 N–H and O–H groups in total. The van der Waals surface area contributed by atoms with Crippen molar-refractivity contribution in [2.75, 3.05) is 6.54 Å². The van der Waals surface area contributed by atoms with Crippen molar-refractivity contribution in [1.82, 2.24) is 5.32 Å². The summed E-state index contributed by atoms with van der Waals surface area (Å²) in [5.74, 6) is -0.794. The molecule has 0 fully saturated rings. The Morgan fingerprint density at radius 3 is 2.50 bits per heavy atom. The van der Waals surface area contributed by atoms with E-state index < -0.39 is 12.0 Å². The van der Waals surface area contributed by atoms with Crippen LogP contribution in [-0.2, 0) is 4.79 Å². The Hall–Kier alpha value is -0.610. The third-order valence-corrected chi connectivity index (χ3v) is 1.53. The predicted molar refractivity (Wildman–Crippen MR) is 48.0 cm³/mol. The van der Waals surface area contributed by atoms with Gasteiger partial charge in [0.05, 0.1) is 0 Å². The van der Waals surface area contributed by atoms with Crippen LogP contribution in [-0.4, -0.2) is 29.7 Å². The Morgan fingerprint density at radius 2 is 2.17 bits per heavy atom. The Labute approximate surface area is 73.1 Å². The van der Waals surface area contributed by atoms with Crippen LogP contribution >= 0.6 is 0 Å². The summed E-state index contributed by atoms with van der Waals surface area (Å²) < 4.78 is 0. The number of hydrogen-bond donors (Lipinski definition) is 3. The van der Waals surface area contributed by atoms with E-state index >= 15 is 0 Å². The van der Waals surface area contributed by atoms with Crippen molar-refractivity contribution in [2.24, 2.45) is 5.73 Å². The molecular weight excluding hydrogens is 156 g/mol. The van der Waals surface area contributed by atoms with Crippen LogP contribution in [0.4, 0.5) is 0 Å². The van der Waals surface area contributed by atoms with Crippen molar-refractivity contribution in [3.05, 3.63) is 0 Å². The van der Waals surface area contributed by atoms with E-state index in [1.165, 1.54) is 0 Å². The van der Waals surface area contributed by atoms with E-state index in [1.54, 1.807) is 0 Å². The number of rotatable bonds is 6. The molecule has 0 bridgehead atoms. The van der Waals surface area contributed by atoms with Crippen molar-refractivity contribution in [2.45, 2.75) is 38.8 Å². The van der Waals surface area contributed by atoms with Gasteiger partial charge >= 0.3 is 5.97 Å². The topological polar surface area (TPSA) is 75.3 Å². The van der Waals surface area contributed by atoms with Gasteiger partial charge in [-0.25, -0.2) is 0 Å². The van der Waals surface area contributed by atoms with Gasteiger partial charge < -0.3 is 16.2 Å². The molecule has 0 rings (SSSR count). The van der Waals surface area contributed by atoms with Crippen LogP contribution in [0.25, 0.3) is 0 Å². The quantitative estimate of drug-likeness (QED) is 0.537. The molecule has 72 valence electrons. The van der Waals surface area contributed by atoms with Crippen molar-refractivity contribution >= 4 is 5.97 Å². The van der Waals surface area contributed by atoms with Gasteiger partial charge in [0.25, 0.3) is 0 Å². The second-order valence-electron chi connectivity index (χ2n) is 3.14. The first kappa shape index (κ1) is 11.4. The fourth-order valence-electron chi connectivity index (χ4n) is 1.00. The summed E-state index contributed by atoms with van der Waals surface area (Å²) in [5, 5.41) is 11.7. The Kier molecular flexibility index (Phi) is 5.66. The first-order valence-corrected chi connectivity index (χ1v) is 4.26. The molecule has 4 heteroatoms. The average Bonchev–Trinajstić information content (AvgIpc) is 1.96. The highest BCUT2D eigenvalue weighted by molar-refractivity contribution is 5.73. The molecule has 0 spiro atoms. The van der Waals surface area contributed by atoms with Crippen molar-refractivity contribution in [3.8, 4) is 0 Å². The molecule has 0 aromatic heterocycles. The zero-order valence-electron chi connectivity index (χ0n) is 7.71. The van der Waals surface area contributed by atoms with E-state index in [-0.39, 0.29) is 6.04 Å². The number of hydrogen-bond acceptors (Lipinski definition) is 3. The molecule has 0 heterocycles. The third kappa shape index (κ3) is 5.09. The summed E-state index contributed by atoms with van der Waals surface area (Å²) in [6, 6.07) is -0.252. The number of nitrogens with one attached hydrogen (secondary N) is 1. The minimum atomic E-state index is -0.794. The molecule has 4 nitrogen and oxygen atoms in total. The van der Waals surface area contributed by atoms with Gasteiger partial charge in [0.15, 0.2) is 0 Å². The SMILES string of the molecule is CC(C)N[C@@H](CCCN)C(=O)O. The van der Waals surface area contributed by atoms with Crippen LogP contribution in [0, 0.1) is 0 Å². The molecule has 0 aromatic rings. The largest absolute Gasteiger partial charge is 0.480 e. The highest BCUT2D eigenvalue weighted by Gasteiger charge is 2.16. The summed E-state index contributed by atoms with van der Waals surface area (Å²) in [7, 11) is 0. The van der Waals surface area contributed by atoms with Crippen molar-refractivity contribution in [1.29, 1.82) is 0 Å². The van der Waals surface area contributed by atoms with Crippen LogP contribution in [0.2, 0.25) is 0 Å². The fourth-order valence-corrected chi connectivity index (χ4v) is 1.00. The maximum atomic E-state index is 10.6. The highest BCUT2D eigenvalue weighted by Crippen LogP contribution is 1.97. The molecule has 0 aromatic carbocycles. The molecule has 0 saturated heterocycles. The van der Waals surface area contributed by atoms with E-state index in [0.717, 1.165) is 6.42 Å². The van der Waals surface area contributed by atoms with Crippen LogP contribution in [0.3, 0.4) is 0 Å². The van der Waals surface area contributed by atoms with E-state index in [4.69, 9.17) is 10.8 Å². The predicted octanol–water partition coefficient (Wildman–Crippen LogP) is 0.177. The number of carbonyl (C=O) groups is 1. The van der Waals surface area contributed by atoms with E-state index in [1.807, 2.05) is 13.8 Å². The molecule has 0 aliphatic carbocycles. The standard InChI is InChI=1S/C8H18N2O2/c1-6(2)10-7(8(11)12)4-3-5-9/h6-7,10H,3-5,9H2,1-2H3,(H,11,12)/t7-/m0/s1. The zero-order chi connectivity index (χ0) is 9.56. The van der Waals surface area contributed by atoms with E-state index in [0.29, 0.717) is 13.0 Å². The zero-order valence-corrected chi connectivity index (χ0v) is 7.71. The fraction of sp³-hybridized carbons (Fsp3) is 0.875. The lowest BCUT2D eigenvalue weighted by molar-refractivity contribution is -0.139. The van der Waals surface area contributed by atoms with Crippen molar-refractivity contribution < 1.29 is 9.90 Å². The smallest absolute Gasteiger partial charge is 0.320 e. The molecule has 0 saturated carbocycles. The first-order valence-electron chi connectivity index (χ1n) is 4.26. The van der Waals surface area contributed by atoms with Crippen LogP contribution in [0.15, 0.2) is 0 Å². The molecular formula is C8H18N2O2. The lowest BCUT2D eigenvalue weighted by atomic mass is 10.1. The van der Waals surface area contributed by atoms with Gasteiger partial charge in [0, 0.05) is 6.04 Å². The third-order valence-electron chi connectivity index (χ3n) is 1.53. The van der Waals surface area contributed by atoms with Gasteiger partial charge in [0.2, 0.25) is 0 Å². The summed E-state index contributed by atoms with van der Waals surface area (Å²) >= 11 is 0. The van der Waals surface area contributed by atoms with Crippen LogP contribution in [0.1, 0.15) is 26.7 Å². The maximum absolute atomic E-state index is 10.6. The summed E-state index contributed by atoms with van der Waals surface area (Å²) in [4.78, 5) is 10.6. The Bertz CT molecular complexity index is 137. The Morgan fingerprint density at radius 1 is 1.58 bits per heavy atom. The molecule has 0 radical (unpaired) electrons. The van der Waals surface area contributed by atoms with Gasteiger partial charge in [-0.2, -0.15) is 0 Å². The molecule has 0 amide bonds. The van der Waals surface area contributed by atoms with Crippen molar-refractivity contribution in [3.63, 3.8) is 0 Å². The molecule has 1 atom stereocenters. The summed E-state index contributed by atoms with van der Waals surface area (Å²) in [6.07, 6.45) is 1.35. The Balaban J connectivity index is 3.78. The van der Waals surface area contributed by atoms with Crippen LogP contribution in [0.5, 0.6) is 0 Å². The molecule has 12 heavy (non-hydrogen) atoms. The van der Waals surface area contributed by atoms with Gasteiger partial charge in [-0.3, -0.25) is 4.79 Å². The minimum absolute atomic E-state index is 0.198. The number of carboxylic acids is 1. The van der Waals surface area contributed by atoms with Crippen LogP contribution < -0.4 is 11.1 Å². The molecule has 0 aliphatic heterocycles. The van der Waals surface area contributed by atoms with Gasteiger partial charge in [-0.1, -0.05) is 13.8 Å². The summed E-state index contributed by atoms with van der Waals surface area (Å²) in [6.45, 7) is 4.40. The van der Waals surface area contributed by atoms with Gasteiger partial charge in [-0.15, -0.1) is 0 Å². The first-order chi connectivity index (χ1) is 5.57. The summed E-state index contributed by atoms with van der Waals surface area (Å²) in [5.41, 5.74) is 5.29. The number of carboxylic acid groups (broad SMARTS) is 1. The van der Waals surface area contributed by atoms with E-state index in [9.17, 15) is 4.79 Å². The maximum Gasteiger partial charge on any atom is 0.320 e. The second-order valence-corrected chi connectivity index (χ2v) is 3.14. The molecule has 0 unspecified atom stereocenters. The van der Waals surface area contributed by atoms with Gasteiger partial charge in [0.1, 0.15) is 6.04 Å².